The summed E-state index contributed by atoms with van der Waals surface area (Å²) in [4.78, 5) is 23.4. The third-order valence-corrected chi connectivity index (χ3v) is 3.68. The number of anilines is 2. The van der Waals surface area contributed by atoms with Crippen LogP contribution in [0.15, 0.2) is 40.9 Å². The predicted molar refractivity (Wildman–Crippen MR) is 84.6 cm³/mol. The molecule has 108 valence electrons. The molecule has 0 unspecified atom stereocenters. The minimum absolute atomic E-state index is 0.0119. The zero-order valence-electron chi connectivity index (χ0n) is 11.2. The van der Waals surface area contributed by atoms with Crippen LogP contribution in [0.4, 0.5) is 11.4 Å². The third kappa shape index (κ3) is 3.22. The second kappa shape index (κ2) is 5.97. The lowest BCUT2D eigenvalue weighted by Crippen LogP contribution is -2.15. The van der Waals surface area contributed by atoms with E-state index in [1.165, 1.54) is 6.07 Å². The van der Waals surface area contributed by atoms with Gasteiger partial charge in [-0.2, -0.15) is 0 Å². The Kier molecular flexibility index (Phi) is 4.28. The topological polar surface area (TPSA) is 92.4 Å². The second-order valence-corrected chi connectivity index (χ2v) is 5.35. The number of aryl methyl sites for hydroxylation is 1. The minimum atomic E-state index is -1.12. The van der Waals surface area contributed by atoms with Crippen molar-refractivity contribution < 1.29 is 14.7 Å². The number of para-hydroxylation sites is 1. The van der Waals surface area contributed by atoms with Gasteiger partial charge in [0.15, 0.2) is 0 Å². The van der Waals surface area contributed by atoms with Gasteiger partial charge in [-0.15, -0.1) is 0 Å². The van der Waals surface area contributed by atoms with E-state index >= 15 is 0 Å². The number of carboxylic acids is 1. The lowest BCUT2D eigenvalue weighted by molar-refractivity contribution is 0.0698. The zero-order chi connectivity index (χ0) is 15.6. The summed E-state index contributed by atoms with van der Waals surface area (Å²) in [5.41, 5.74) is 7.75. The first-order valence-corrected chi connectivity index (χ1v) is 6.88. The summed E-state index contributed by atoms with van der Waals surface area (Å²) in [5, 5.41) is 11.8. The summed E-state index contributed by atoms with van der Waals surface area (Å²) in [6.45, 7) is 1.84. The molecular weight excluding hydrogens is 336 g/mol. The average Bonchev–Trinajstić information content (AvgIpc) is 2.43. The Bertz CT molecular complexity index is 729. The fraction of sp³-hybridized carbons (Fsp3) is 0.0667. The Morgan fingerprint density at radius 3 is 2.57 bits per heavy atom. The molecule has 2 aromatic rings. The fourth-order valence-electron chi connectivity index (χ4n) is 1.80. The Morgan fingerprint density at radius 1 is 1.24 bits per heavy atom. The van der Waals surface area contributed by atoms with Crippen LogP contribution in [0.1, 0.15) is 26.3 Å². The number of amides is 1. The van der Waals surface area contributed by atoms with E-state index in [0.717, 1.165) is 5.56 Å². The van der Waals surface area contributed by atoms with Crippen LogP contribution in [0, 0.1) is 6.92 Å². The quantitative estimate of drug-likeness (QED) is 0.742. The van der Waals surface area contributed by atoms with Gasteiger partial charge in [-0.3, -0.25) is 4.79 Å². The number of rotatable bonds is 3. The number of nitrogens with two attached hydrogens (primary N) is 1. The van der Waals surface area contributed by atoms with E-state index in [9.17, 15) is 9.59 Å². The Balaban J connectivity index is 2.36. The molecule has 0 bridgehead atoms. The first-order valence-electron chi connectivity index (χ1n) is 6.09. The molecule has 0 radical (unpaired) electrons. The first-order chi connectivity index (χ1) is 9.90. The van der Waals surface area contributed by atoms with Gasteiger partial charge in [0.25, 0.3) is 5.91 Å². The normalized spacial score (nSPS) is 10.2. The van der Waals surface area contributed by atoms with Crippen molar-refractivity contribution in [3.8, 4) is 0 Å². The summed E-state index contributed by atoms with van der Waals surface area (Å²) in [7, 11) is 0. The number of nitrogens with one attached hydrogen (secondary N) is 1. The van der Waals surface area contributed by atoms with Gasteiger partial charge in [-0.05, 0) is 52.7 Å². The molecule has 2 rings (SSSR count). The van der Waals surface area contributed by atoms with Crippen molar-refractivity contribution in [2.45, 2.75) is 6.92 Å². The summed E-state index contributed by atoms with van der Waals surface area (Å²) < 4.78 is 0.496. The van der Waals surface area contributed by atoms with Crippen molar-refractivity contribution in [2.24, 2.45) is 0 Å². The third-order valence-electron chi connectivity index (χ3n) is 3.02. The average molecular weight is 349 g/mol. The van der Waals surface area contributed by atoms with Gasteiger partial charge in [0, 0.05) is 15.7 Å². The highest BCUT2D eigenvalue weighted by Gasteiger charge is 2.16. The van der Waals surface area contributed by atoms with E-state index in [1.54, 1.807) is 30.3 Å². The van der Waals surface area contributed by atoms with Crippen LogP contribution in [-0.2, 0) is 0 Å². The highest BCUT2D eigenvalue weighted by atomic mass is 79.9. The van der Waals surface area contributed by atoms with E-state index in [0.29, 0.717) is 15.7 Å². The molecule has 0 heterocycles. The van der Waals surface area contributed by atoms with Crippen LogP contribution in [-0.4, -0.2) is 17.0 Å². The molecule has 0 aliphatic carbocycles. The van der Waals surface area contributed by atoms with Crippen LogP contribution in [0.2, 0.25) is 0 Å². The van der Waals surface area contributed by atoms with Gasteiger partial charge in [0.1, 0.15) is 0 Å². The second-order valence-electron chi connectivity index (χ2n) is 4.49. The Labute approximate surface area is 129 Å². The minimum Gasteiger partial charge on any atom is -0.478 e. The van der Waals surface area contributed by atoms with Gasteiger partial charge in [-0.1, -0.05) is 12.1 Å². The molecule has 1 amide bonds. The number of hydrogen-bond donors (Lipinski definition) is 3. The highest BCUT2D eigenvalue weighted by Crippen LogP contribution is 2.27. The number of aromatic carboxylic acids is 1. The summed E-state index contributed by atoms with van der Waals surface area (Å²) in [5.74, 6) is -1.54. The van der Waals surface area contributed by atoms with Crippen molar-refractivity contribution in [3.05, 3.63) is 57.6 Å². The molecule has 0 saturated carbocycles. The van der Waals surface area contributed by atoms with Crippen LogP contribution in [0.25, 0.3) is 0 Å². The first kappa shape index (κ1) is 15.1. The molecule has 21 heavy (non-hydrogen) atoms. The van der Waals surface area contributed by atoms with Gasteiger partial charge in [0.05, 0.1) is 11.3 Å². The number of carbonyl (C=O) groups excluding carboxylic acids is 1. The lowest BCUT2D eigenvalue weighted by atomic mass is 10.1. The van der Waals surface area contributed by atoms with E-state index in [-0.39, 0.29) is 11.3 Å². The number of halogens is 1. The molecule has 0 atom stereocenters. The number of benzene rings is 2. The van der Waals surface area contributed by atoms with Crippen LogP contribution < -0.4 is 11.1 Å². The van der Waals surface area contributed by atoms with Crippen molar-refractivity contribution in [2.75, 3.05) is 11.1 Å². The number of hydrogen-bond acceptors (Lipinski definition) is 3. The van der Waals surface area contributed by atoms with E-state index in [1.807, 2.05) is 6.92 Å². The molecule has 6 heteroatoms. The maximum Gasteiger partial charge on any atom is 0.337 e. The molecule has 0 fully saturated rings. The van der Waals surface area contributed by atoms with Crippen LogP contribution in [0.3, 0.4) is 0 Å². The largest absolute Gasteiger partial charge is 0.478 e. The van der Waals surface area contributed by atoms with Gasteiger partial charge in [0.2, 0.25) is 0 Å². The fourth-order valence-corrected chi connectivity index (χ4v) is 2.26. The maximum absolute atomic E-state index is 12.2. The molecule has 4 N–H and O–H groups in total. The SMILES string of the molecule is Cc1ccc(C(=O)Nc2c(Br)cccc2C(=O)O)cc1N. The molecular formula is C15H13BrN2O3. The summed E-state index contributed by atoms with van der Waals surface area (Å²) >= 11 is 3.24. The molecule has 0 aromatic heterocycles. The van der Waals surface area contributed by atoms with Gasteiger partial charge < -0.3 is 16.2 Å². The van der Waals surface area contributed by atoms with Crippen molar-refractivity contribution in [1.82, 2.24) is 0 Å². The molecule has 2 aromatic carbocycles. The number of carboxylic acid groups (broad SMARTS) is 1. The van der Waals surface area contributed by atoms with Crippen LogP contribution in [0.5, 0.6) is 0 Å². The highest BCUT2D eigenvalue weighted by molar-refractivity contribution is 9.10. The molecule has 0 saturated heterocycles. The number of nitrogen functional groups attached to an aromatic ring is 1. The summed E-state index contributed by atoms with van der Waals surface area (Å²) in [6.07, 6.45) is 0. The monoisotopic (exact) mass is 348 g/mol. The smallest absolute Gasteiger partial charge is 0.337 e. The molecule has 0 aliphatic heterocycles. The van der Waals surface area contributed by atoms with E-state index in [4.69, 9.17) is 10.8 Å². The van der Waals surface area contributed by atoms with Crippen molar-refractivity contribution in [3.63, 3.8) is 0 Å². The van der Waals surface area contributed by atoms with Crippen molar-refractivity contribution in [1.29, 1.82) is 0 Å². The zero-order valence-corrected chi connectivity index (χ0v) is 12.8. The summed E-state index contributed by atoms with van der Waals surface area (Å²) in [6, 6.07) is 9.60. The Morgan fingerprint density at radius 2 is 1.95 bits per heavy atom. The van der Waals surface area contributed by atoms with E-state index < -0.39 is 11.9 Å². The molecule has 5 nitrogen and oxygen atoms in total. The van der Waals surface area contributed by atoms with Crippen molar-refractivity contribution >= 4 is 39.2 Å². The number of carbonyl (C=O) groups is 2. The lowest BCUT2D eigenvalue weighted by Gasteiger charge is -2.11. The maximum atomic E-state index is 12.2. The molecule has 0 aliphatic rings. The van der Waals surface area contributed by atoms with Gasteiger partial charge >= 0.3 is 5.97 Å². The Hall–Kier alpha value is -2.34. The van der Waals surface area contributed by atoms with Crippen LogP contribution >= 0.6 is 15.9 Å². The molecule has 0 spiro atoms. The standard InChI is InChI=1S/C15H13BrN2O3/c1-8-5-6-9(7-12(8)17)14(19)18-13-10(15(20)21)3-2-4-11(13)16/h2-7H,17H2,1H3,(H,18,19)(H,20,21). The van der Waals surface area contributed by atoms with E-state index in [2.05, 4.69) is 21.2 Å². The predicted octanol–water partition coefficient (Wildman–Crippen LogP) is 3.29. The van der Waals surface area contributed by atoms with Gasteiger partial charge in [-0.25, -0.2) is 4.79 Å².